The molecule has 0 unspecified atom stereocenters. The third-order valence-electron chi connectivity index (χ3n) is 13.7. The summed E-state index contributed by atoms with van der Waals surface area (Å²) in [6.45, 7) is -3.07. The number of hydrogen-bond donors (Lipinski definition) is 5. The fourth-order valence-corrected chi connectivity index (χ4v) is 9.62. The van der Waals surface area contributed by atoms with Crippen molar-refractivity contribution >= 4 is 76.1 Å². The first-order chi connectivity index (χ1) is 41.8. The summed E-state index contributed by atoms with van der Waals surface area (Å²) in [5, 5.41) is 20.5. The minimum Gasteiger partial charge on any atom is -0.480 e. The van der Waals surface area contributed by atoms with Crippen LogP contribution in [-0.2, 0) is 72.8 Å². The SMILES string of the molecule is O=C(O)CN(Cc1ccccc1NC(=O)CN(Cc1ccccc1NC(=O)OCC1c2ccccc2-c2ccccc21)C(=O)Cn1ccc(NC(=O)OCc2ccccc2)nc1=O)C(=O)Cn1cnc2c(NC(=O)OCc3ccccc3)ncnc21. The lowest BCUT2D eigenvalue weighted by atomic mass is 9.98. The molecule has 3 heterocycles. The maximum atomic E-state index is 14.5. The third-order valence-corrected chi connectivity index (χ3v) is 13.7. The number of para-hydroxylation sites is 2. The summed E-state index contributed by atoms with van der Waals surface area (Å²) in [6.07, 6.45) is 1.24. The van der Waals surface area contributed by atoms with Crippen LogP contribution in [0.5, 0.6) is 0 Å². The number of carboxylic acids is 1. The highest BCUT2D eigenvalue weighted by Gasteiger charge is 2.30. The minimum atomic E-state index is -1.33. The van der Waals surface area contributed by atoms with Crippen molar-refractivity contribution in [2.45, 2.75) is 45.3 Å². The van der Waals surface area contributed by atoms with Crippen molar-refractivity contribution in [1.29, 1.82) is 0 Å². The van der Waals surface area contributed by atoms with Crippen molar-refractivity contribution in [2.75, 3.05) is 41.0 Å². The second-order valence-corrected chi connectivity index (χ2v) is 19.6. The normalized spacial score (nSPS) is 11.3. The van der Waals surface area contributed by atoms with Crippen molar-refractivity contribution in [2.24, 2.45) is 0 Å². The molecule has 1 aliphatic carbocycles. The molecule has 0 saturated heterocycles. The van der Waals surface area contributed by atoms with Gasteiger partial charge in [0.25, 0.3) is 0 Å². The van der Waals surface area contributed by atoms with E-state index in [-0.39, 0.29) is 73.0 Å². The predicted molar refractivity (Wildman–Crippen MR) is 313 cm³/mol. The first-order valence-corrected chi connectivity index (χ1v) is 26.9. The maximum Gasteiger partial charge on any atom is 0.413 e. The first-order valence-electron chi connectivity index (χ1n) is 26.9. The molecule has 24 heteroatoms. The number of ether oxygens (including phenoxy) is 3. The molecule has 86 heavy (non-hydrogen) atoms. The maximum absolute atomic E-state index is 14.5. The Balaban J connectivity index is 0.836. The van der Waals surface area contributed by atoms with Crippen LogP contribution in [0.15, 0.2) is 187 Å². The molecule has 0 aliphatic heterocycles. The number of amides is 6. The summed E-state index contributed by atoms with van der Waals surface area (Å²) in [6, 6.07) is 48.0. The Labute approximate surface area is 490 Å². The Bertz CT molecular complexity index is 4000. The average molecular weight is 1160 g/mol. The van der Waals surface area contributed by atoms with Gasteiger partial charge in [-0.2, -0.15) is 4.98 Å². The molecule has 434 valence electrons. The van der Waals surface area contributed by atoms with Crippen LogP contribution in [0.4, 0.5) is 37.4 Å². The Morgan fingerprint density at radius 1 is 0.535 bits per heavy atom. The number of nitrogens with zero attached hydrogens (tertiary/aromatic N) is 8. The molecule has 9 aromatic rings. The molecule has 0 saturated carbocycles. The Kier molecular flexibility index (Phi) is 18.1. The van der Waals surface area contributed by atoms with Gasteiger partial charge in [-0.1, -0.05) is 146 Å². The van der Waals surface area contributed by atoms with E-state index in [0.717, 1.165) is 54.1 Å². The van der Waals surface area contributed by atoms with Crippen LogP contribution in [0.25, 0.3) is 22.3 Å². The summed E-state index contributed by atoms with van der Waals surface area (Å²) >= 11 is 0. The van der Waals surface area contributed by atoms with Crippen LogP contribution in [0.3, 0.4) is 0 Å². The zero-order valence-corrected chi connectivity index (χ0v) is 45.8. The van der Waals surface area contributed by atoms with Crippen LogP contribution < -0.4 is 27.0 Å². The van der Waals surface area contributed by atoms with Crippen LogP contribution in [-0.4, -0.2) is 106 Å². The quantitative estimate of drug-likeness (QED) is 0.0401. The van der Waals surface area contributed by atoms with E-state index in [2.05, 4.69) is 41.2 Å². The lowest BCUT2D eigenvalue weighted by molar-refractivity contribution is -0.145. The number of imidazole rings is 1. The average Bonchev–Trinajstić information content (AvgIpc) is 2.01. The summed E-state index contributed by atoms with van der Waals surface area (Å²) in [7, 11) is 0. The second-order valence-electron chi connectivity index (χ2n) is 19.6. The van der Waals surface area contributed by atoms with Gasteiger partial charge in [0, 0.05) is 36.6 Å². The van der Waals surface area contributed by atoms with Gasteiger partial charge in [-0.05, 0) is 62.7 Å². The smallest absolute Gasteiger partial charge is 0.413 e. The number of nitrogens with one attached hydrogen (secondary N) is 4. The number of hydrogen-bond acceptors (Lipinski definition) is 15. The van der Waals surface area contributed by atoms with Crippen molar-refractivity contribution in [1.82, 2.24) is 38.9 Å². The lowest BCUT2D eigenvalue weighted by Crippen LogP contribution is -2.41. The monoisotopic (exact) mass is 1160 g/mol. The van der Waals surface area contributed by atoms with Gasteiger partial charge in [0.1, 0.15) is 58.1 Å². The van der Waals surface area contributed by atoms with E-state index in [9.17, 15) is 43.5 Å². The Morgan fingerprint density at radius 2 is 1.06 bits per heavy atom. The fourth-order valence-electron chi connectivity index (χ4n) is 9.62. The number of benzene rings is 6. The lowest BCUT2D eigenvalue weighted by Gasteiger charge is -2.25. The number of aromatic nitrogens is 6. The minimum absolute atomic E-state index is 0.00791. The summed E-state index contributed by atoms with van der Waals surface area (Å²) < 4.78 is 18.7. The van der Waals surface area contributed by atoms with Gasteiger partial charge in [-0.3, -0.25) is 39.7 Å². The molecule has 5 N–H and O–H groups in total. The fraction of sp³-hybridized carbons (Fsp3) is 0.161. The zero-order chi connectivity index (χ0) is 59.9. The van der Waals surface area contributed by atoms with E-state index >= 15 is 0 Å². The van der Waals surface area contributed by atoms with E-state index in [4.69, 9.17) is 14.2 Å². The van der Waals surface area contributed by atoms with E-state index in [1.54, 1.807) is 91.0 Å². The molecule has 3 aromatic heterocycles. The number of rotatable bonds is 22. The molecule has 0 radical (unpaired) electrons. The van der Waals surface area contributed by atoms with Gasteiger partial charge in [0.15, 0.2) is 17.0 Å². The molecule has 0 spiro atoms. The number of carboxylic acid groups (broad SMARTS) is 1. The number of carbonyl (C=O) groups is 7. The van der Waals surface area contributed by atoms with Crippen LogP contribution in [0.1, 0.15) is 39.3 Å². The number of anilines is 4. The van der Waals surface area contributed by atoms with E-state index < -0.39 is 73.8 Å². The molecule has 6 aromatic carbocycles. The Morgan fingerprint density at radius 3 is 1.66 bits per heavy atom. The summed E-state index contributed by atoms with van der Waals surface area (Å²) in [5.41, 5.74) is 6.14. The van der Waals surface area contributed by atoms with Crippen molar-refractivity contribution in [3.05, 3.63) is 227 Å². The highest BCUT2D eigenvalue weighted by molar-refractivity contribution is 5.96. The van der Waals surface area contributed by atoms with Crippen molar-refractivity contribution in [3.8, 4) is 11.1 Å². The standard InChI is InChI=1S/C62H54N12O12/c75-52(66-49-25-13-7-19-42(49)30-73(34-55(78)79)54(77)33-74-39-65-56-57(63-38-64-58(56)74)70-62(83)85-36-41-17-5-2-6-18-41)31-72(53(76)32-71-28-27-51(68-59(71)80)69-61(82)84-35-40-15-3-1-4-16-40)29-43-20-8-14-26-50(43)67-60(81)86-37-48-46-23-11-9-21-44(46)45-22-10-12-24-47(45)48/h1-28,38-39,48H,29-37H2,(H,66,75)(H,67,81)(H,78,79)(H,63,64,70,83)(H,68,69,80,82). The van der Waals surface area contributed by atoms with Gasteiger partial charge in [0.05, 0.1) is 6.33 Å². The molecule has 0 fully saturated rings. The highest BCUT2D eigenvalue weighted by Crippen LogP contribution is 2.44. The molecule has 24 nitrogen and oxygen atoms in total. The topological polar surface area (TPSA) is 300 Å². The third kappa shape index (κ3) is 14.5. The second kappa shape index (κ2) is 27.0. The molecule has 6 amide bonds. The van der Waals surface area contributed by atoms with Gasteiger partial charge < -0.3 is 39.0 Å². The van der Waals surface area contributed by atoms with Gasteiger partial charge in [0.2, 0.25) is 17.7 Å². The predicted octanol–water partition coefficient (Wildman–Crippen LogP) is 8.02. The molecule has 10 rings (SSSR count). The molecular formula is C62H54N12O12. The molecule has 0 bridgehead atoms. The van der Waals surface area contributed by atoms with E-state index in [1.807, 2.05) is 60.7 Å². The number of carbonyl (C=O) groups excluding carboxylic acids is 6. The first kappa shape index (κ1) is 57.7. The number of fused-ring (bicyclic) bond motifs is 4. The van der Waals surface area contributed by atoms with Gasteiger partial charge >= 0.3 is 29.9 Å². The van der Waals surface area contributed by atoms with Crippen molar-refractivity contribution in [3.63, 3.8) is 0 Å². The molecule has 1 aliphatic rings. The molecule has 0 atom stereocenters. The Hall–Kier alpha value is -11.6. The van der Waals surface area contributed by atoms with Crippen LogP contribution in [0.2, 0.25) is 0 Å². The van der Waals surface area contributed by atoms with Crippen LogP contribution >= 0.6 is 0 Å². The molecular weight excluding hydrogens is 1100 g/mol. The van der Waals surface area contributed by atoms with E-state index in [0.29, 0.717) is 11.1 Å². The summed E-state index contributed by atoms with van der Waals surface area (Å²) in [5.74, 6) is -3.84. The van der Waals surface area contributed by atoms with Gasteiger partial charge in [-0.15, -0.1) is 0 Å². The van der Waals surface area contributed by atoms with E-state index in [1.165, 1.54) is 29.2 Å². The summed E-state index contributed by atoms with van der Waals surface area (Å²) in [4.78, 5) is 126. The highest BCUT2D eigenvalue weighted by atomic mass is 16.6. The van der Waals surface area contributed by atoms with Crippen LogP contribution in [0, 0.1) is 0 Å². The number of aliphatic carboxylic acids is 1. The van der Waals surface area contributed by atoms with Crippen molar-refractivity contribution < 1.29 is 52.9 Å². The zero-order valence-electron chi connectivity index (χ0n) is 45.8. The van der Waals surface area contributed by atoms with Gasteiger partial charge in [-0.25, -0.2) is 34.1 Å². The largest absolute Gasteiger partial charge is 0.480 e.